The number of carbonyl (C=O) groups is 1. The lowest BCUT2D eigenvalue weighted by Crippen LogP contribution is -2.08. The van der Waals surface area contributed by atoms with Gasteiger partial charge in [-0.1, -0.05) is 0 Å². The van der Waals surface area contributed by atoms with Gasteiger partial charge in [0.25, 0.3) is 0 Å². The summed E-state index contributed by atoms with van der Waals surface area (Å²) in [5.41, 5.74) is 0.398. The van der Waals surface area contributed by atoms with E-state index in [9.17, 15) is 4.79 Å². The molecule has 0 aliphatic carbocycles. The lowest BCUT2D eigenvalue weighted by Gasteiger charge is -2.10. The number of hydrogen-bond acceptors (Lipinski definition) is 5. The van der Waals surface area contributed by atoms with Gasteiger partial charge in [-0.15, -0.1) is 0 Å². The van der Waals surface area contributed by atoms with Crippen LogP contribution < -0.4 is 9.47 Å². The molecule has 3 aromatic rings. The molecule has 3 rings (SSSR count). The van der Waals surface area contributed by atoms with Crippen molar-refractivity contribution in [3.05, 3.63) is 48.5 Å². The van der Waals surface area contributed by atoms with E-state index in [0.717, 1.165) is 10.8 Å². The number of rotatable bonds is 4. The molecule has 1 aromatic carbocycles. The molecule has 0 bridgehead atoms. The Kier molecular flexibility index (Phi) is 3.74. The van der Waals surface area contributed by atoms with Gasteiger partial charge in [-0.05, 0) is 30.5 Å². The molecule has 0 saturated carbocycles. The average molecular weight is 297 g/mol. The molecule has 2 heterocycles. The van der Waals surface area contributed by atoms with E-state index in [0.29, 0.717) is 23.6 Å². The molecule has 0 N–H and O–H groups in total. The Bertz CT molecular complexity index is 826. The zero-order valence-electron chi connectivity index (χ0n) is 12.3. The fourth-order valence-corrected chi connectivity index (χ4v) is 2.13. The summed E-state index contributed by atoms with van der Waals surface area (Å²) in [4.78, 5) is 16.3. The Hall–Kier alpha value is -2.89. The van der Waals surface area contributed by atoms with Gasteiger partial charge in [-0.2, -0.15) is 5.10 Å². The third-order valence-corrected chi connectivity index (χ3v) is 3.32. The van der Waals surface area contributed by atoms with Gasteiger partial charge in [0, 0.05) is 30.5 Å². The summed E-state index contributed by atoms with van der Waals surface area (Å²) in [5, 5.41) is 5.90. The summed E-state index contributed by atoms with van der Waals surface area (Å²) in [6.07, 6.45) is 6.55. The third kappa shape index (κ3) is 2.63. The average Bonchev–Trinajstić information content (AvgIpc) is 3.03. The molecule has 0 spiro atoms. The molecule has 0 amide bonds. The summed E-state index contributed by atoms with van der Waals surface area (Å²) in [7, 11) is 1.54. The molecule has 0 unspecified atom stereocenters. The van der Waals surface area contributed by atoms with Gasteiger partial charge in [0.15, 0.2) is 11.5 Å². The minimum Gasteiger partial charge on any atom is -0.493 e. The number of nitrogens with zero attached hydrogens (tertiary/aromatic N) is 3. The van der Waals surface area contributed by atoms with Crippen molar-refractivity contribution in [3.8, 4) is 11.5 Å². The molecular formula is C16H15N3O3. The number of ether oxygens (including phenoxy) is 2. The quantitative estimate of drug-likeness (QED) is 0.547. The van der Waals surface area contributed by atoms with Gasteiger partial charge < -0.3 is 9.47 Å². The molecule has 2 aromatic heterocycles. The Morgan fingerprint density at radius 1 is 1.23 bits per heavy atom. The van der Waals surface area contributed by atoms with E-state index in [1.54, 1.807) is 29.3 Å². The van der Waals surface area contributed by atoms with Crippen molar-refractivity contribution in [1.82, 2.24) is 14.8 Å². The van der Waals surface area contributed by atoms with E-state index in [1.165, 1.54) is 13.3 Å². The van der Waals surface area contributed by atoms with Crippen molar-refractivity contribution in [1.29, 1.82) is 0 Å². The summed E-state index contributed by atoms with van der Waals surface area (Å²) in [6, 6.07) is 5.42. The van der Waals surface area contributed by atoms with Crippen LogP contribution in [0, 0.1) is 0 Å². The highest BCUT2D eigenvalue weighted by atomic mass is 16.6. The fourth-order valence-electron chi connectivity index (χ4n) is 2.13. The standard InChI is InChI=1S/C16H15N3O3/c1-3-19-10-13(9-18-19)16(20)22-15-7-12-8-17-5-4-11(12)6-14(15)21-2/h4-10H,3H2,1-2H3. The molecule has 112 valence electrons. The zero-order valence-corrected chi connectivity index (χ0v) is 12.3. The number of carbonyl (C=O) groups excluding carboxylic acids is 1. The van der Waals surface area contributed by atoms with Crippen LogP contribution in [0.4, 0.5) is 0 Å². The molecule has 6 heteroatoms. The van der Waals surface area contributed by atoms with Gasteiger partial charge in [0.05, 0.1) is 18.9 Å². The van der Waals surface area contributed by atoms with Crippen LogP contribution in [0.2, 0.25) is 0 Å². The lowest BCUT2D eigenvalue weighted by atomic mass is 10.1. The Labute approximate surface area is 127 Å². The number of pyridine rings is 1. The number of hydrogen-bond donors (Lipinski definition) is 0. The predicted octanol–water partition coefficient (Wildman–Crippen LogP) is 2.68. The molecule has 0 saturated heterocycles. The molecule has 0 aliphatic rings. The van der Waals surface area contributed by atoms with Crippen molar-refractivity contribution in [2.75, 3.05) is 7.11 Å². The maximum atomic E-state index is 12.2. The van der Waals surface area contributed by atoms with Gasteiger partial charge >= 0.3 is 5.97 Å². The van der Waals surface area contributed by atoms with Crippen LogP contribution in [0.25, 0.3) is 10.8 Å². The second kappa shape index (κ2) is 5.85. The van der Waals surface area contributed by atoms with E-state index in [-0.39, 0.29) is 0 Å². The molecule has 0 radical (unpaired) electrons. The first-order valence-corrected chi connectivity index (χ1v) is 6.87. The molecule has 22 heavy (non-hydrogen) atoms. The lowest BCUT2D eigenvalue weighted by molar-refractivity contribution is 0.0730. The first-order valence-electron chi connectivity index (χ1n) is 6.87. The topological polar surface area (TPSA) is 66.2 Å². The summed E-state index contributed by atoms with van der Waals surface area (Å²) in [6.45, 7) is 2.64. The van der Waals surface area contributed by atoms with E-state index in [1.807, 2.05) is 19.1 Å². The first kappa shape index (κ1) is 14.1. The molecule has 0 aliphatic heterocycles. The van der Waals surface area contributed by atoms with Gasteiger partial charge in [0.1, 0.15) is 0 Å². The maximum Gasteiger partial charge on any atom is 0.346 e. The molecule has 0 fully saturated rings. The van der Waals surface area contributed by atoms with E-state index in [2.05, 4.69) is 10.1 Å². The van der Waals surface area contributed by atoms with Crippen molar-refractivity contribution in [2.24, 2.45) is 0 Å². The number of aromatic nitrogens is 3. The fraction of sp³-hybridized carbons (Fsp3) is 0.188. The maximum absolute atomic E-state index is 12.2. The number of aryl methyl sites for hydroxylation is 1. The molecule has 0 atom stereocenters. The first-order chi connectivity index (χ1) is 10.7. The van der Waals surface area contributed by atoms with Crippen molar-refractivity contribution in [2.45, 2.75) is 13.5 Å². The Balaban J connectivity index is 1.93. The second-order valence-corrected chi connectivity index (χ2v) is 4.70. The van der Waals surface area contributed by atoms with Crippen LogP contribution in [0.5, 0.6) is 11.5 Å². The Morgan fingerprint density at radius 2 is 2.05 bits per heavy atom. The van der Waals surface area contributed by atoms with Crippen molar-refractivity contribution >= 4 is 16.7 Å². The number of methoxy groups -OCH3 is 1. The van der Waals surface area contributed by atoms with E-state index >= 15 is 0 Å². The SMILES string of the molecule is CCn1cc(C(=O)Oc2cc3cnccc3cc2OC)cn1. The minimum absolute atomic E-state index is 0.359. The van der Waals surface area contributed by atoms with Gasteiger partial charge in [-0.3, -0.25) is 9.67 Å². The van der Waals surface area contributed by atoms with Crippen molar-refractivity contribution < 1.29 is 14.3 Å². The van der Waals surface area contributed by atoms with Crippen LogP contribution >= 0.6 is 0 Å². The zero-order chi connectivity index (χ0) is 15.5. The molecule has 6 nitrogen and oxygen atoms in total. The summed E-state index contributed by atoms with van der Waals surface area (Å²) in [5.74, 6) is 0.383. The van der Waals surface area contributed by atoms with Crippen LogP contribution in [0.1, 0.15) is 17.3 Å². The smallest absolute Gasteiger partial charge is 0.346 e. The van der Waals surface area contributed by atoms with E-state index in [4.69, 9.17) is 9.47 Å². The van der Waals surface area contributed by atoms with Crippen LogP contribution in [-0.2, 0) is 6.54 Å². The highest BCUT2D eigenvalue weighted by Gasteiger charge is 2.15. The van der Waals surface area contributed by atoms with Crippen LogP contribution in [0.15, 0.2) is 43.0 Å². The van der Waals surface area contributed by atoms with Crippen LogP contribution in [-0.4, -0.2) is 27.8 Å². The van der Waals surface area contributed by atoms with E-state index < -0.39 is 5.97 Å². The second-order valence-electron chi connectivity index (χ2n) is 4.70. The normalized spacial score (nSPS) is 10.6. The Morgan fingerprint density at radius 3 is 2.77 bits per heavy atom. The highest BCUT2D eigenvalue weighted by Crippen LogP contribution is 2.32. The summed E-state index contributed by atoms with van der Waals surface area (Å²) >= 11 is 0. The largest absolute Gasteiger partial charge is 0.493 e. The highest BCUT2D eigenvalue weighted by molar-refractivity contribution is 5.92. The van der Waals surface area contributed by atoms with Crippen LogP contribution in [0.3, 0.4) is 0 Å². The predicted molar refractivity (Wildman–Crippen MR) is 81.2 cm³/mol. The number of esters is 1. The number of benzene rings is 1. The van der Waals surface area contributed by atoms with Gasteiger partial charge in [0.2, 0.25) is 0 Å². The third-order valence-electron chi connectivity index (χ3n) is 3.32. The summed E-state index contributed by atoms with van der Waals surface area (Å²) < 4.78 is 12.4. The minimum atomic E-state index is -0.471. The van der Waals surface area contributed by atoms with Crippen molar-refractivity contribution in [3.63, 3.8) is 0 Å². The molecular weight excluding hydrogens is 282 g/mol. The number of fused-ring (bicyclic) bond motifs is 1. The van der Waals surface area contributed by atoms with Gasteiger partial charge in [-0.25, -0.2) is 4.79 Å². The monoisotopic (exact) mass is 297 g/mol.